The van der Waals surface area contributed by atoms with E-state index in [-0.39, 0.29) is 0 Å². The zero-order valence-electron chi connectivity index (χ0n) is 7.87. The Kier molecular flexibility index (Phi) is 4.40. The van der Waals surface area contributed by atoms with Crippen LogP contribution in [-0.2, 0) is 0 Å². The van der Waals surface area contributed by atoms with Crippen molar-refractivity contribution >= 4 is 28.3 Å². The van der Waals surface area contributed by atoms with Crippen molar-refractivity contribution in [1.29, 1.82) is 0 Å². The summed E-state index contributed by atoms with van der Waals surface area (Å²) in [5.74, 6) is 0.697. The van der Waals surface area contributed by atoms with E-state index in [2.05, 4.69) is 15.9 Å². The first-order valence-corrected chi connectivity index (χ1v) is 5.29. The highest BCUT2D eigenvalue weighted by molar-refractivity contribution is 9.09. The molecule has 0 fully saturated rings. The molecule has 0 saturated carbocycles. The first-order chi connectivity index (χ1) is 6.81. The lowest BCUT2D eigenvalue weighted by Gasteiger charge is -2.02. The number of carbonyl (C=O) groups excluding carboxylic acids is 1. The Hall–Kier alpha value is -1.09. The van der Waals surface area contributed by atoms with Crippen LogP contribution in [-0.4, -0.2) is 18.7 Å². The average molecular weight is 255 g/mol. The predicted octanol–water partition coefficient (Wildman–Crippen LogP) is 2.92. The van der Waals surface area contributed by atoms with E-state index < -0.39 is 0 Å². The molecule has 0 aliphatic heterocycles. The first kappa shape index (κ1) is 11.0. The van der Waals surface area contributed by atoms with E-state index in [4.69, 9.17) is 4.74 Å². The molecule has 1 rings (SSSR count). The molecular formula is C11H11BrO2. The SMILES string of the molecule is COc1ccc(C=CCBr)c(C=O)c1. The summed E-state index contributed by atoms with van der Waals surface area (Å²) < 4.78 is 5.02. The zero-order valence-corrected chi connectivity index (χ0v) is 9.45. The molecule has 3 heteroatoms. The van der Waals surface area contributed by atoms with E-state index >= 15 is 0 Å². The molecule has 0 atom stereocenters. The molecule has 0 radical (unpaired) electrons. The highest BCUT2D eigenvalue weighted by atomic mass is 79.9. The quantitative estimate of drug-likeness (QED) is 0.610. The Bertz CT molecular complexity index is 345. The molecule has 0 heterocycles. The van der Waals surface area contributed by atoms with Crippen LogP contribution in [0.3, 0.4) is 0 Å². The third-order valence-corrected chi connectivity index (χ3v) is 2.18. The summed E-state index contributed by atoms with van der Waals surface area (Å²) in [6.07, 6.45) is 4.67. The number of hydrogen-bond donors (Lipinski definition) is 0. The molecule has 0 spiro atoms. The fraction of sp³-hybridized carbons (Fsp3) is 0.182. The number of methoxy groups -OCH3 is 1. The molecule has 0 unspecified atom stereocenters. The number of benzene rings is 1. The van der Waals surface area contributed by atoms with Gasteiger partial charge in [-0.25, -0.2) is 0 Å². The number of carbonyl (C=O) groups is 1. The van der Waals surface area contributed by atoms with Crippen LogP contribution in [0.4, 0.5) is 0 Å². The standard InChI is InChI=1S/C11H11BrO2/c1-14-11-5-4-9(3-2-6-12)10(7-11)8-13/h2-5,7-8H,6H2,1H3. The molecule has 0 aromatic heterocycles. The van der Waals surface area contributed by atoms with Gasteiger partial charge in [0.15, 0.2) is 6.29 Å². The Morgan fingerprint density at radius 1 is 1.43 bits per heavy atom. The van der Waals surface area contributed by atoms with E-state index in [9.17, 15) is 4.79 Å². The van der Waals surface area contributed by atoms with Crippen LogP contribution >= 0.6 is 15.9 Å². The molecule has 1 aromatic rings. The number of halogens is 1. The minimum atomic E-state index is 0.640. The van der Waals surface area contributed by atoms with Gasteiger partial charge < -0.3 is 4.74 Å². The summed E-state index contributed by atoms with van der Waals surface area (Å²) in [5, 5.41) is 0.775. The number of allylic oxidation sites excluding steroid dienone is 1. The maximum Gasteiger partial charge on any atom is 0.150 e. The number of alkyl halides is 1. The van der Waals surface area contributed by atoms with Gasteiger partial charge in [0.25, 0.3) is 0 Å². The van der Waals surface area contributed by atoms with Crippen LogP contribution in [0.1, 0.15) is 15.9 Å². The van der Waals surface area contributed by atoms with Gasteiger partial charge in [-0.15, -0.1) is 0 Å². The first-order valence-electron chi connectivity index (χ1n) is 4.17. The molecule has 14 heavy (non-hydrogen) atoms. The molecular weight excluding hydrogens is 244 g/mol. The summed E-state index contributed by atoms with van der Waals surface area (Å²) in [4.78, 5) is 10.8. The molecule has 0 N–H and O–H groups in total. The lowest BCUT2D eigenvalue weighted by molar-refractivity contribution is 0.112. The van der Waals surface area contributed by atoms with Crippen molar-refractivity contribution in [1.82, 2.24) is 0 Å². The van der Waals surface area contributed by atoms with Crippen LogP contribution in [0.15, 0.2) is 24.3 Å². The number of rotatable bonds is 4. The van der Waals surface area contributed by atoms with E-state index in [1.54, 1.807) is 13.2 Å². The molecule has 0 saturated heterocycles. The molecule has 74 valence electrons. The van der Waals surface area contributed by atoms with Gasteiger partial charge in [-0.05, 0) is 17.7 Å². The Morgan fingerprint density at radius 2 is 2.21 bits per heavy atom. The van der Waals surface area contributed by atoms with Crippen LogP contribution in [0, 0.1) is 0 Å². The average Bonchev–Trinajstić information content (AvgIpc) is 2.26. The van der Waals surface area contributed by atoms with Crippen LogP contribution in [0.2, 0.25) is 0 Å². The van der Waals surface area contributed by atoms with Gasteiger partial charge in [0.2, 0.25) is 0 Å². The van der Waals surface area contributed by atoms with Gasteiger partial charge in [-0.1, -0.05) is 34.1 Å². The highest BCUT2D eigenvalue weighted by Gasteiger charge is 1.99. The predicted molar refractivity (Wildman–Crippen MR) is 61.2 cm³/mol. The second-order valence-corrected chi connectivity index (χ2v) is 3.32. The smallest absolute Gasteiger partial charge is 0.150 e. The van der Waals surface area contributed by atoms with Gasteiger partial charge >= 0.3 is 0 Å². The zero-order chi connectivity index (χ0) is 10.4. The van der Waals surface area contributed by atoms with Crippen molar-refractivity contribution in [2.45, 2.75) is 0 Å². The Balaban J connectivity index is 3.05. The molecule has 0 bridgehead atoms. The molecule has 0 amide bonds. The monoisotopic (exact) mass is 254 g/mol. The second kappa shape index (κ2) is 5.60. The van der Waals surface area contributed by atoms with Crippen molar-refractivity contribution < 1.29 is 9.53 Å². The van der Waals surface area contributed by atoms with E-state index in [0.29, 0.717) is 11.3 Å². The van der Waals surface area contributed by atoms with Crippen LogP contribution in [0.5, 0.6) is 5.75 Å². The summed E-state index contributed by atoms with van der Waals surface area (Å²) >= 11 is 3.28. The Morgan fingerprint density at radius 3 is 2.79 bits per heavy atom. The van der Waals surface area contributed by atoms with Gasteiger partial charge in [0.05, 0.1) is 7.11 Å². The van der Waals surface area contributed by atoms with Gasteiger partial charge in [-0.3, -0.25) is 4.79 Å². The van der Waals surface area contributed by atoms with E-state index in [1.165, 1.54) is 0 Å². The highest BCUT2D eigenvalue weighted by Crippen LogP contribution is 2.17. The summed E-state index contributed by atoms with van der Waals surface area (Å²) in [5.41, 5.74) is 1.54. The minimum absolute atomic E-state index is 0.640. The molecule has 0 aliphatic rings. The maximum atomic E-state index is 10.8. The normalized spacial score (nSPS) is 10.4. The molecule has 1 aromatic carbocycles. The van der Waals surface area contributed by atoms with Crippen LogP contribution in [0.25, 0.3) is 6.08 Å². The lowest BCUT2D eigenvalue weighted by atomic mass is 10.1. The molecule has 2 nitrogen and oxygen atoms in total. The fourth-order valence-corrected chi connectivity index (χ4v) is 1.29. The van der Waals surface area contributed by atoms with E-state index in [0.717, 1.165) is 17.2 Å². The topological polar surface area (TPSA) is 26.3 Å². The summed E-state index contributed by atoms with van der Waals surface area (Å²) in [6, 6.07) is 5.42. The summed E-state index contributed by atoms with van der Waals surface area (Å²) in [6.45, 7) is 0. The largest absolute Gasteiger partial charge is 0.497 e. The van der Waals surface area contributed by atoms with Gasteiger partial charge in [0.1, 0.15) is 5.75 Å². The second-order valence-electron chi connectivity index (χ2n) is 2.67. The van der Waals surface area contributed by atoms with Gasteiger partial charge in [0, 0.05) is 10.9 Å². The van der Waals surface area contributed by atoms with Crippen molar-refractivity contribution in [2.24, 2.45) is 0 Å². The third kappa shape index (κ3) is 2.70. The Labute approximate surface area is 91.7 Å². The van der Waals surface area contributed by atoms with Crippen molar-refractivity contribution in [3.8, 4) is 5.75 Å². The van der Waals surface area contributed by atoms with Crippen LogP contribution < -0.4 is 4.74 Å². The number of ether oxygens (including phenoxy) is 1. The fourth-order valence-electron chi connectivity index (χ4n) is 1.11. The van der Waals surface area contributed by atoms with Crippen molar-refractivity contribution in [3.05, 3.63) is 35.4 Å². The number of aldehydes is 1. The summed E-state index contributed by atoms with van der Waals surface area (Å²) in [7, 11) is 1.58. The third-order valence-electron chi connectivity index (χ3n) is 1.81. The molecule has 0 aliphatic carbocycles. The van der Waals surface area contributed by atoms with Crippen molar-refractivity contribution in [2.75, 3.05) is 12.4 Å². The lowest BCUT2D eigenvalue weighted by Crippen LogP contribution is -1.89. The maximum absolute atomic E-state index is 10.8. The number of hydrogen-bond acceptors (Lipinski definition) is 2. The van der Waals surface area contributed by atoms with Crippen molar-refractivity contribution in [3.63, 3.8) is 0 Å². The minimum Gasteiger partial charge on any atom is -0.497 e. The van der Waals surface area contributed by atoms with Gasteiger partial charge in [-0.2, -0.15) is 0 Å². The van der Waals surface area contributed by atoms with E-state index in [1.807, 2.05) is 24.3 Å².